The van der Waals surface area contributed by atoms with Crippen LogP contribution in [0.1, 0.15) is 5.56 Å². The van der Waals surface area contributed by atoms with Gasteiger partial charge in [0.2, 0.25) is 0 Å². The Balaban J connectivity index is 3.13. The fraction of sp³-hybridized carbons (Fsp3) is 0.250. The van der Waals surface area contributed by atoms with Crippen molar-refractivity contribution in [1.29, 1.82) is 0 Å². The topological polar surface area (TPSA) is 67.5 Å². The summed E-state index contributed by atoms with van der Waals surface area (Å²) in [6, 6.07) is 5.34. The maximum absolute atomic E-state index is 8.99. The number of ether oxygens (including phenoxy) is 1. The number of rotatable bonds is 3. The van der Waals surface area contributed by atoms with Gasteiger partial charge in [-0.05, 0) is 12.1 Å². The summed E-state index contributed by atoms with van der Waals surface area (Å²) >= 11 is 0. The Morgan fingerprint density at radius 2 is 2.33 bits per heavy atom. The van der Waals surface area contributed by atoms with Gasteiger partial charge in [-0.2, -0.15) is 0 Å². The lowest BCUT2D eigenvalue weighted by Crippen LogP contribution is -2.09. The summed E-state index contributed by atoms with van der Waals surface area (Å²) in [7, 11) is 1.55. The van der Waals surface area contributed by atoms with Gasteiger partial charge in [-0.1, -0.05) is 6.07 Å². The smallest absolute Gasteiger partial charge is 0.126 e. The normalized spacial score (nSPS) is 9.58. The van der Waals surface area contributed by atoms with Gasteiger partial charge >= 0.3 is 0 Å². The average Bonchev–Trinajstić information content (AvgIpc) is 2.16. The summed E-state index contributed by atoms with van der Waals surface area (Å²) in [4.78, 5) is 0. The second-order valence-electron chi connectivity index (χ2n) is 2.29. The van der Waals surface area contributed by atoms with Gasteiger partial charge < -0.3 is 15.3 Å². The highest BCUT2D eigenvalue weighted by molar-refractivity contribution is 5.56. The van der Waals surface area contributed by atoms with Gasteiger partial charge in [0.25, 0.3) is 0 Å². The molecule has 1 rings (SSSR count). The first-order chi connectivity index (χ1) is 5.83. The van der Waals surface area contributed by atoms with Crippen LogP contribution >= 0.6 is 0 Å². The van der Waals surface area contributed by atoms with Crippen molar-refractivity contribution >= 4 is 5.69 Å². The zero-order valence-corrected chi connectivity index (χ0v) is 6.87. The van der Waals surface area contributed by atoms with E-state index in [1.54, 1.807) is 25.3 Å². The van der Waals surface area contributed by atoms with Crippen molar-refractivity contribution in [3.05, 3.63) is 23.8 Å². The predicted octanol–water partition coefficient (Wildman–Crippen LogP) is 0.473. The summed E-state index contributed by atoms with van der Waals surface area (Å²) in [6.45, 7) is -0.0937. The minimum absolute atomic E-state index is 0.0937. The van der Waals surface area contributed by atoms with Crippen molar-refractivity contribution in [3.63, 3.8) is 0 Å². The monoisotopic (exact) mass is 168 g/mol. The van der Waals surface area contributed by atoms with Crippen molar-refractivity contribution < 1.29 is 9.84 Å². The maximum Gasteiger partial charge on any atom is 0.126 e. The number of hydrogen-bond donors (Lipinski definition) is 3. The van der Waals surface area contributed by atoms with Crippen LogP contribution in [0.4, 0.5) is 5.69 Å². The number of benzene rings is 1. The third-order valence-corrected chi connectivity index (χ3v) is 1.67. The van der Waals surface area contributed by atoms with E-state index in [4.69, 9.17) is 15.7 Å². The first-order valence-corrected chi connectivity index (χ1v) is 3.56. The van der Waals surface area contributed by atoms with Crippen LogP contribution in [0.3, 0.4) is 0 Å². The second-order valence-corrected chi connectivity index (χ2v) is 2.29. The molecule has 0 spiro atoms. The Morgan fingerprint density at radius 1 is 1.58 bits per heavy atom. The first kappa shape index (κ1) is 8.83. The Labute approximate surface area is 70.9 Å². The number of aliphatic hydroxyl groups is 1. The molecule has 0 bridgehead atoms. The van der Waals surface area contributed by atoms with Crippen LogP contribution in [0.2, 0.25) is 0 Å². The van der Waals surface area contributed by atoms with E-state index in [1.807, 2.05) is 0 Å². The van der Waals surface area contributed by atoms with Crippen molar-refractivity contribution in [3.8, 4) is 5.75 Å². The molecular formula is C8H12N2O2. The lowest BCUT2D eigenvalue weighted by atomic mass is 10.1. The molecule has 0 atom stereocenters. The van der Waals surface area contributed by atoms with Gasteiger partial charge in [-0.3, -0.25) is 5.84 Å². The maximum atomic E-state index is 8.99. The van der Waals surface area contributed by atoms with Crippen molar-refractivity contribution in [1.82, 2.24) is 0 Å². The molecule has 0 aromatic heterocycles. The molecule has 1 aromatic carbocycles. The van der Waals surface area contributed by atoms with E-state index in [0.717, 1.165) is 0 Å². The molecule has 0 amide bonds. The molecule has 0 radical (unpaired) electrons. The largest absolute Gasteiger partial charge is 0.496 e. The molecule has 1 aromatic rings. The van der Waals surface area contributed by atoms with Crippen LogP contribution in [0.15, 0.2) is 18.2 Å². The van der Waals surface area contributed by atoms with E-state index in [9.17, 15) is 0 Å². The van der Waals surface area contributed by atoms with Crippen molar-refractivity contribution in [2.45, 2.75) is 6.61 Å². The number of anilines is 1. The van der Waals surface area contributed by atoms with Gasteiger partial charge in [0.1, 0.15) is 5.75 Å². The highest BCUT2D eigenvalue weighted by Crippen LogP contribution is 2.25. The molecule has 0 saturated carbocycles. The highest BCUT2D eigenvalue weighted by Gasteiger charge is 2.05. The molecular weight excluding hydrogens is 156 g/mol. The Hall–Kier alpha value is -1.26. The molecule has 0 fully saturated rings. The molecule has 0 saturated heterocycles. The minimum atomic E-state index is -0.0937. The van der Waals surface area contributed by atoms with E-state index in [0.29, 0.717) is 17.0 Å². The Kier molecular flexibility index (Phi) is 2.90. The summed E-state index contributed by atoms with van der Waals surface area (Å²) in [5.41, 5.74) is 3.83. The van der Waals surface area contributed by atoms with Crippen LogP contribution in [0, 0.1) is 0 Å². The zero-order valence-electron chi connectivity index (χ0n) is 6.87. The number of hydrogen-bond acceptors (Lipinski definition) is 4. The van der Waals surface area contributed by atoms with Gasteiger partial charge in [0.05, 0.1) is 19.4 Å². The third-order valence-electron chi connectivity index (χ3n) is 1.67. The fourth-order valence-electron chi connectivity index (χ4n) is 1.06. The van der Waals surface area contributed by atoms with Crippen LogP contribution in [0.5, 0.6) is 5.75 Å². The van der Waals surface area contributed by atoms with Gasteiger partial charge in [0, 0.05) is 5.56 Å². The number of hydrazine groups is 1. The van der Waals surface area contributed by atoms with Gasteiger partial charge in [-0.15, -0.1) is 0 Å². The molecule has 0 aliphatic rings. The Morgan fingerprint density at radius 3 is 2.83 bits per heavy atom. The van der Waals surface area contributed by atoms with Crippen LogP contribution in [-0.2, 0) is 6.61 Å². The SMILES string of the molecule is COc1cccc(NN)c1CO. The summed E-state index contributed by atoms with van der Waals surface area (Å²) in [5, 5.41) is 8.99. The standard InChI is InChI=1S/C8H12N2O2/c1-12-8-4-2-3-7(10-9)6(8)5-11/h2-4,10-11H,5,9H2,1H3. The van der Waals surface area contributed by atoms with Gasteiger partial charge in [0.15, 0.2) is 0 Å². The molecule has 0 aliphatic carbocycles. The molecule has 4 nitrogen and oxygen atoms in total. The molecule has 0 aliphatic heterocycles. The summed E-state index contributed by atoms with van der Waals surface area (Å²) < 4.78 is 5.02. The lowest BCUT2D eigenvalue weighted by molar-refractivity contribution is 0.274. The fourth-order valence-corrected chi connectivity index (χ4v) is 1.06. The van der Waals surface area contributed by atoms with E-state index < -0.39 is 0 Å². The first-order valence-electron chi connectivity index (χ1n) is 3.56. The molecule has 66 valence electrons. The quantitative estimate of drug-likeness (QED) is 0.453. The minimum Gasteiger partial charge on any atom is -0.496 e. The number of nitrogen functional groups attached to an aromatic ring is 1. The Bertz CT molecular complexity index is 241. The zero-order chi connectivity index (χ0) is 8.97. The van der Waals surface area contributed by atoms with E-state index in [-0.39, 0.29) is 6.61 Å². The van der Waals surface area contributed by atoms with E-state index in [1.165, 1.54) is 0 Å². The van der Waals surface area contributed by atoms with Crippen LogP contribution < -0.4 is 16.0 Å². The van der Waals surface area contributed by atoms with Gasteiger partial charge in [-0.25, -0.2) is 0 Å². The highest BCUT2D eigenvalue weighted by atomic mass is 16.5. The third kappa shape index (κ3) is 1.49. The van der Waals surface area contributed by atoms with Crippen molar-refractivity contribution in [2.24, 2.45) is 5.84 Å². The average molecular weight is 168 g/mol. The lowest BCUT2D eigenvalue weighted by Gasteiger charge is -2.10. The summed E-state index contributed by atoms with van der Waals surface area (Å²) in [6.07, 6.45) is 0. The molecule has 12 heavy (non-hydrogen) atoms. The van der Waals surface area contributed by atoms with E-state index in [2.05, 4.69) is 5.43 Å². The molecule has 4 N–H and O–H groups in total. The molecule has 0 heterocycles. The van der Waals surface area contributed by atoms with Crippen LogP contribution in [0.25, 0.3) is 0 Å². The van der Waals surface area contributed by atoms with Crippen LogP contribution in [-0.4, -0.2) is 12.2 Å². The number of aliphatic hydroxyl groups excluding tert-OH is 1. The van der Waals surface area contributed by atoms with Crippen molar-refractivity contribution in [2.75, 3.05) is 12.5 Å². The predicted molar refractivity (Wildman–Crippen MR) is 46.7 cm³/mol. The summed E-state index contributed by atoms with van der Waals surface area (Å²) in [5.74, 6) is 5.87. The molecule has 0 unspecified atom stereocenters. The number of methoxy groups -OCH3 is 1. The second kappa shape index (κ2) is 3.94. The number of nitrogens with two attached hydrogens (primary N) is 1. The molecule has 4 heteroatoms. The number of nitrogens with one attached hydrogen (secondary N) is 1. The van der Waals surface area contributed by atoms with E-state index >= 15 is 0 Å².